The molecule has 1 aromatic heterocycles. The largest absolute Gasteiger partial charge is 0.379 e. The number of anilines is 1. The van der Waals surface area contributed by atoms with Gasteiger partial charge < -0.3 is 15.0 Å². The molecular formula is C26H35N5O2. The SMILES string of the molecule is C=C/C=C\C(=C)C1CCC(N2CCOCC2)CC1.O=C1NCCN1c1ccc2nc[nH]c2c1. The first-order chi connectivity index (χ1) is 16.2. The van der Waals surface area contributed by atoms with Gasteiger partial charge in [0.15, 0.2) is 0 Å². The molecule has 7 heteroatoms. The van der Waals surface area contributed by atoms with E-state index in [9.17, 15) is 4.79 Å². The number of hydrogen-bond donors (Lipinski definition) is 2. The molecule has 33 heavy (non-hydrogen) atoms. The molecule has 1 aromatic carbocycles. The molecule has 1 saturated carbocycles. The number of carbonyl (C=O) groups is 1. The third-order valence-corrected chi connectivity index (χ3v) is 6.80. The number of H-pyrrole nitrogens is 1. The van der Waals surface area contributed by atoms with Crippen LogP contribution >= 0.6 is 0 Å². The minimum atomic E-state index is -0.0335. The van der Waals surface area contributed by atoms with Crippen molar-refractivity contribution in [3.05, 3.63) is 61.5 Å². The predicted octanol–water partition coefficient (Wildman–Crippen LogP) is 4.27. The van der Waals surface area contributed by atoms with E-state index >= 15 is 0 Å². The first-order valence-corrected chi connectivity index (χ1v) is 11.9. The predicted molar refractivity (Wildman–Crippen MR) is 133 cm³/mol. The van der Waals surface area contributed by atoms with Crippen LogP contribution in [0.15, 0.2) is 61.5 Å². The summed E-state index contributed by atoms with van der Waals surface area (Å²) >= 11 is 0. The van der Waals surface area contributed by atoms with Crippen LogP contribution in [0, 0.1) is 5.92 Å². The number of fused-ring (bicyclic) bond motifs is 1. The quantitative estimate of drug-likeness (QED) is 0.669. The van der Waals surface area contributed by atoms with Gasteiger partial charge >= 0.3 is 6.03 Å². The molecule has 1 aliphatic carbocycles. The number of rotatable bonds is 5. The van der Waals surface area contributed by atoms with Crippen molar-refractivity contribution in [1.29, 1.82) is 0 Å². The van der Waals surface area contributed by atoms with Crippen LogP contribution in [0.2, 0.25) is 0 Å². The molecule has 2 aromatic rings. The molecule has 5 rings (SSSR count). The van der Waals surface area contributed by atoms with E-state index in [1.165, 1.54) is 31.3 Å². The normalized spacial score (nSPS) is 23.9. The maximum absolute atomic E-state index is 11.4. The lowest BCUT2D eigenvalue weighted by Crippen LogP contribution is -2.45. The number of aromatic nitrogens is 2. The number of imidazole rings is 1. The summed E-state index contributed by atoms with van der Waals surface area (Å²) in [7, 11) is 0. The van der Waals surface area contributed by atoms with Gasteiger partial charge in [-0.1, -0.05) is 37.0 Å². The summed E-state index contributed by atoms with van der Waals surface area (Å²) in [5.74, 6) is 0.679. The van der Waals surface area contributed by atoms with Crippen molar-refractivity contribution in [1.82, 2.24) is 20.2 Å². The zero-order chi connectivity index (χ0) is 23.0. The van der Waals surface area contributed by atoms with Crippen LogP contribution in [0.3, 0.4) is 0 Å². The van der Waals surface area contributed by atoms with E-state index in [0.29, 0.717) is 12.5 Å². The second kappa shape index (κ2) is 11.3. The average Bonchev–Trinajstić information content (AvgIpc) is 3.51. The molecule has 0 unspecified atom stereocenters. The Kier molecular flexibility index (Phi) is 7.96. The van der Waals surface area contributed by atoms with Crippen molar-refractivity contribution in [2.45, 2.75) is 31.7 Å². The zero-order valence-electron chi connectivity index (χ0n) is 19.3. The maximum atomic E-state index is 11.4. The molecule has 0 spiro atoms. The van der Waals surface area contributed by atoms with Gasteiger partial charge in [0.2, 0.25) is 0 Å². The van der Waals surface area contributed by atoms with Gasteiger partial charge in [-0.25, -0.2) is 9.78 Å². The van der Waals surface area contributed by atoms with E-state index in [1.807, 2.05) is 30.4 Å². The number of aromatic amines is 1. The van der Waals surface area contributed by atoms with Gasteiger partial charge in [0.25, 0.3) is 0 Å². The third-order valence-electron chi connectivity index (χ3n) is 6.80. The van der Waals surface area contributed by atoms with E-state index < -0.39 is 0 Å². The number of amides is 2. The first kappa shape index (κ1) is 23.3. The molecule has 2 amide bonds. The van der Waals surface area contributed by atoms with Crippen molar-refractivity contribution in [3.63, 3.8) is 0 Å². The highest BCUT2D eigenvalue weighted by molar-refractivity contribution is 5.95. The van der Waals surface area contributed by atoms with Crippen molar-refractivity contribution in [2.75, 3.05) is 44.3 Å². The molecule has 0 atom stereocenters. The van der Waals surface area contributed by atoms with Crippen molar-refractivity contribution in [3.8, 4) is 0 Å². The highest BCUT2D eigenvalue weighted by atomic mass is 16.5. The summed E-state index contributed by atoms with van der Waals surface area (Å²) in [6, 6.07) is 6.50. The standard InChI is InChI=1S/C16H25NO.C10H10N4O/c1-3-4-5-14(2)15-6-8-16(9-7-15)17-10-12-18-13-11-17;15-10-11-3-4-14(10)7-1-2-8-9(5-7)13-6-12-8/h3-5,15-16H,1-2,6-13H2;1-2,5-6H,3-4H2,(H,11,15)(H,12,13)/b5-4-;. The molecule has 3 heterocycles. The Hall–Kier alpha value is -2.90. The topological polar surface area (TPSA) is 73.5 Å². The van der Waals surface area contributed by atoms with E-state index in [4.69, 9.17) is 4.74 Å². The van der Waals surface area contributed by atoms with Gasteiger partial charge in [-0.15, -0.1) is 0 Å². The lowest BCUT2D eigenvalue weighted by Gasteiger charge is -2.39. The maximum Gasteiger partial charge on any atom is 0.321 e. The van der Waals surface area contributed by atoms with Crippen LogP contribution < -0.4 is 10.2 Å². The average molecular weight is 450 g/mol. The van der Waals surface area contributed by atoms with Gasteiger partial charge in [0.1, 0.15) is 0 Å². The fourth-order valence-corrected chi connectivity index (χ4v) is 4.89. The van der Waals surface area contributed by atoms with Crippen LogP contribution in [0.1, 0.15) is 25.7 Å². The van der Waals surface area contributed by atoms with Gasteiger partial charge in [-0.05, 0) is 49.8 Å². The van der Waals surface area contributed by atoms with Crippen molar-refractivity contribution < 1.29 is 9.53 Å². The molecule has 0 bridgehead atoms. The van der Waals surface area contributed by atoms with E-state index in [-0.39, 0.29) is 6.03 Å². The van der Waals surface area contributed by atoms with Gasteiger partial charge in [0.05, 0.1) is 30.6 Å². The number of morpholine rings is 1. The second-order valence-electron chi connectivity index (χ2n) is 8.81. The number of hydrogen-bond acceptors (Lipinski definition) is 4. The fourth-order valence-electron chi connectivity index (χ4n) is 4.89. The van der Waals surface area contributed by atoms with Crippen LogP contribution in [-0.2, 0) is 4.74 Å². The number of nitrogens with one attached hydrogen (secondary N) is 2. The van der Waals surface area contributed by atoms with Gasteiger partial charge in [0, 0.05) is 37.9 Å². The van der Waals surface area contributed by atoms with Gasteiger partial charge in [-0.3, -0.25) is 9.80 Å². The zero-order valence-corrected chi connectivity index (χ0v) is 19.3. The Morgan fingerprint density at radius 1 is 1.15 bits per heavy atom. The summed E-state index contributed by atoms with van der Waals surface area (Å²) in [6.45, 7) is 13.4. The Morgan fingerprint density at radius 3 is 2.64 bits per heavy atom. The summed E-state index contributed by atoms with van der Waals surface area (Å²) in [4.78, 5) is 22.9. The number of allylic oxidation sites excluding steroid dienone is 4. The molecule has 7 nitrogen and oxygen atoms in total. The van der Waals surface area contributed by atoms with Crippen LogP contribution in [0.4, 0.5) is 10.5 Å². The van der Waals surface area contributed by atoms with Crippen molar-refractivity contribution >= 4 is 22.8 Å². The first-order valence-electron chi connectivity index (χ1n) is 11.9. The number of ether oxygens (including phenoxy) is 1. The van der Waals surface area contributed by atoms with Crippen LogP contribution in [0.5, 0.6) is 0 Å². The van der Waals surface area contributed by atoms with Crippen LogP contribution in [0.25, 0.3) is 11.0 Å². The molecule has 176 valence electrons. The van der Waals surface area contributed by atoms with Crippen molar-refractivity contribution in [2.24, 2.45) is 5.92 Å². The number of benzene rings is 1. The van der Waals surface area contributed by atoms with E-state index in [1.54, 1.807) is 11.2 Å². The Bertz CT molecular complexity index is 983. The Balaban J connectivity index is 0.000000159. The lowest BCUT2D eigenvalue weighted by molar-refractivity contribution is 0.00623. The molecule has 0 radical (unpaired) electrons. The number of urea groups is 1. The highest BCUT2D eigenvalue weighted by Gasteiger charge is 2.27. The Labute approximate surface area is 196 Å². The third kappa shape index (κ3) is 5.92. The lowest BCUT2D eigenvalue weighted by atomic mass is 9.81. The summed E-state index contributed by atoms with van der Waals surface area (Å²) in [5.41, 5.74) is 4.04. The smallest absolute Gasteiger partial charge is 0.321 e. The number of nitrogens with zero attached hydrogens (tertiary/aromatic N) is 3. The number of carbonyl (C=O) groups excluding carboxylic acids is 1. The van der Waals surface area contributed by atoms with Crippen LogP contribution in [-0.4, -0.2) is 66.3 Å². The second-order valence-corrected chi connectivity index (χ2v) is 8.81. The molecule has 3 fully saturated rings. The monoisotopic (exact) mass is 449 g/mol. The highest BCUT2D eigenvalue weighted by Crippen LogP contribution is 2.32. The summed E-state index contributed by atoms with van der Waals surface area (Å²) in [6.07, 6.45) is 12.8. The Morgan fingerprint density at radius 2 is 1.94 bits per heavy atom. The summed E-state index contributed by atoms with van der Waals surface area (Å²) in [5, 5.41) is 2.77. The van der Waals surface area contributed by atoms with E-state index in [2.05, 4.69) is 39.4 Å². The minimum absolute atomic E-state index is 0.0335. The molecule has 2 N–H and O–H groups in total. The van der Waals surface area contributed by atoms with E-state index in [0.717, 1.165) is 55.6 Å². The minimum Gasteiger partial charge on any atom is -0.379 e. The fraction of sp³-hybridized carbons (Fsp3) is 0.462. The molecule has 3 aliphatic rings. The molecular weight excluding hydrogens is 414 g/mol. The molecule has 2 saturated heterocycles. The van der Waals surface area contributed by atoms with Gasteiger partial charge in [-0.2, -0.15) is 0 Å². The summed E-state index contributed by atoms with van der Waals surface area (Å²) < 4.78 is 5.42. The molecule has 2 aliphatic heterocycles.